The highest BCUT2D eigenvalue weighted by Crippen LogP contribution is 2.24. The van der Waals surface area contributed by atoms with E-state index in [2.05, 4.69) is 0 Å². The van der Waals surface area contributed by atoms with Crippen molar-refractivity contribution in [3.8, 4) is 0 Å². The fourth-order valence-electron chi connectivity index (χ4n) is 2.34. The van der Waals surface area contributed by atoms with Crippen molar-refractivity contribution in [2.45, 2.75) is 25.2 Å². The molecule has 2 aromatic rings. The van der Waals surface area contributed by atoms with E-state index < -0.39 is 0 Å². The Balaban J connectivity index is 1.99. The molecule has 2 rings (SSSR count). The van der Waals surface area contributed by atoms with E-state index >= 15 is 0 Å². The first-order valence-electron chi connectivity index (χ1n) is 6.88. The van der Waals surface area contributed by atoms with Crippen LogP contribution in [0.4, 0.5) is 0 Å². The van der Waals surface area contributed by atoms with E-state index in [0.717, 1.165) is 17.4 Å². The van der Waals surface area contributed by atoms with Crippen LogP contribution in [0.25, 0.3) is 0 Å². The molecule has 0 aliphatic heterocycles. The molecule has 0 saturated heterocycles. The van der Waals surface area contributed by atoms with Gasteiger partial charge in [-0.15, -0.1) is 0 Å². The molecule has 0 radical (unpaired) electrons. The Hall–Kier alpha value is -2.22. The number of rotatable bonds is 7. The molecule has 0 saturated carbocycles. The van der Waals surface area contributed by atoms with Crippen molar-refractivity contribution in [3.05, 3.63) is 71.8 Å². The molecular weight excluding hydrogens is 248 g/mol. The second kappa shape index (κ2) is 7.39. The molecule has 2 heteroatoms. The van der Waals surface area contributed by atoms with Crippen molar-refractivity contribution in [2.24, 2.45) is 0 Å². The van der Waals surface area contributed by atoms with Gasteiger partial charge in [0.1, 0.15) is 6.29 Å². The largest absolute Gasteiger partial charge is 0.303 e. The van der Waals surface area contributed by atoms with Crippen LogP contribution >= 0.6 is 0 Å². The summed E-state index contributed by atoms with van der Waals surface area (Å²) in [5.41, 5.74) is 1.87. The van der Waals surface area contributed by atoms with Crippen molar-refractivity contribution < 1.29 is 9.59 Å². The molecule has 0 N–H and O–H groups in total. The molecule has 102 valence electrons. The molecular formula is C18H18O2. The lowest BCUT2D eigenvalue weighted by atomic mass is 9.90. The number of carbonyl (C=O) groups is 2. The molecule has 0 aromatic heterocycles. The van der Waals surface area contributed by atoms with Crippen molar-refractivity contribution >= 4 is 12.1 Å². The molecule has 0 amide bonds. The summed E-state index contributed by atoms with van der Waals surface area (Å²) in [4.78, 5) is 22.9. The van der Waals surface area contributed by atoms with Gasteiger partial charge in [-0.3, -0.25) is 4.79 Å². The van der Waals surface area contributed by atoms with Crippen LogP contribution in [0.15, 0.2) is 60.7 Å². The fourth-order valence-corrected chi connectivity index (χ4v) is 2.34. The molecule has 0 bridgehead atoms. The molecule has 2 aromatic carbocycles. The van der Waals surface area contributed by atoms with Gasteiger partial charge in [-0.05, 0) is 17.9 Å². The first-order valence-corrected chi connectivity index (χ1v) is 6.88. The smallest absolute Gasteiger partial charge is 0.162 e. The van der Waals surface area contributed by atoms with Crippen LogP contribution in [0.5, 0.6) is 0 Å². The zero-order valence-electron chi connectivity index (χ0n) is 11.4. The Morgan fingerprint density at radius 1 is 0.950 bits per heavy atom. The maximum Gasteiger partial charge on any atom is 0.162 e. The highest BCUT2D eigenvalue weighted by atomic mass is 16.1. The van der Waals surface area contributed by atoms with E-state index in [1.54, 1.807) is 0 Å². The minimum atomic E-state index is 0.126. The minimum Gasteiger partial charge on any atom is -0.303 e. The van der Waals surface area contributed by atoms with Crippen LogP contribution in [0, 0.1) is 0 Å². The van der Waals surface area contributed by atoms with E-state index in [1.807, 2.05) is 60.7 Å². The predicted octanol–water partition coefficient (Wildman–Crippen LogP) is 4.02. The SMILES string of the molecule is O=CCC(CCC(=O)c1ccccc1)c1ccccc1. The predicted molar refractivity (Wildman–Crippen MR) is 79.9 cm³/mol. The van der Waals surface area contributed by atoms with Crippen molar-refractivity contribution in [1.29, 1.82) is 0 Å². The number of benzene rings is 2. The number of ketones is 1. The summed E-state index contributed by atoms with van der Waals surface area (Å²) >= 11 is 0. The Kier molecular flexibility index (Phi) is 5.24. The summed E-state index contributed by atoms with van der Waals surface area (Å²) in [6, 6.07) is 19.2. The average Bonchev–Trinajstić information content (AvgIpc) is 2.53. The van der Waals surface area contributed by atoms with E-state index in [4.69, 9.17) is 0 Å². The van der Waals surface area contributed by atoms with Gasteiger partial charge in [0, 0.05) is 18.4 Å². The first-order chi connectivity index (χ1) is 9.81. The van der Waals surface area contributed by atoms with Crippen LogP contribution in [0.2, 0.25) is 0 Å². The monoisotopic (exact) mass is 266 g/mol. The summed E-state index contributed by atoms with van der Waals surface area (Å²) in [5, 5.41) is 0. The van der Waals surface area contributed by atoms with Gasteiger partial charge in [0.2, 0.25) is 0 Å². The second-order valence-corrected chi connectivity index (χ2v) is 4.84. The molecule has 1 unspecified atom stereocenters. The average molecular weight is 266 g/mol. The van der Waals surface area contributed by atoms with E-state index in [0.29, 0.717) is 19.3 Å². The summed E-state index contributed by atoms with van der Waals surface area (Å²) in [6.45, 7) is 0. The number of carbonyl (C=O) groups excluding carboxylic acids is 2. The number of hydrogen-bond donors (Lipinski definition) is 0. The normalized spacial score (nSPS) is 11.8. The molecule has 0 aliphatic rings. The van der Waals surface area contributed by atoms with E-state index in [9.17, 15) is 9.59 Å². The molecule has 2 nitrogen and oxygen atoms in total. The van der Waals surface area contributed by atoms with Crippen molar-refractivity contribution in [1.82, 2.24) is 0 Å². The molecule has 20 heavy (non-hydrogen) atoms. The van der Waals surface area contributed by atoms with Gasteiger partial charge in [0.05, 0.1) is 0 Å². The van der Waals surface area contributed by atoms with Gasteiger partial charge in [-0.2, -0.15) is 0 Å². The summed E-state index contributed by atoms with van der Waals surface area (Å²) < 4.78 is 0. The first kappa shape index (κ1) is 14.2. The fraction of sp³-hybridized carbons (Fsp3) is 0.222. The van der Waals surface area contributed by atoms with Crippen LogP contribution in [0.1, 0.15) is 41.1 Å². The lowest BCUT2D eigenvalue weighted by Crippen LogP contribution is -2.05. The Morgan fingerprint density at radius 3 is 2.15 bits per heavy atom. The van der Waals surface area contributed by atoms with E-state index in [1.165, 1.54) is 0 Å². The Bertz CT molecular complexity index is 546. The Morgan fingerprint density at radius 2 is 1.55 bits per heavy atom. The van der Waals surface area contributed by atoms with Crippen LogP contribution in [-0.2, 0) is 4.79 Å². The molecule has 0 spiro atoms. The summed E-state index contributed by atoms with van der Waals surface area (Å²) in [7, 11) is 0. The van der Waals surface area contributed by atoms with Crippen LogP contribution in [-0.4, -0.2) is 12.1 Å². The molecule has 0 fully saturated rings. The number of aldehydes is 1. The van der Waals surface area contributed by atoms with Gasteiger partial charge < -0.3 is 4.79 Å². The van der Waals surface area contributed by atoms with Gasteiger partial charge >= 0.3 is 0 Å². The van der Waals surface area contributed by atoms with Crippen LogP contribution < -0.4 is 0 Å². The summed E-state index contributed by atoms with van der Waals surface area (Å²) in [6.07, 6.45) is 2.57. The third-order valence-electron chi connectivity index (χ3n) is 3.47. The minimum absolute atomic E-state index is 0.126. The quantitative estimate of drug-likeness (QED) is 0.560. The molecule has 0 aliphatic carbocycles. The van der Waals surface area contributed by atoms with Gasteiger partial charge in [0.15, 0.2) is 5.78 Å². The highest BCUT2D eigenvalue weighted by molar-refractivity contribution is 5.96. The third kappa shape index (κ3) is 3.89. The van der Waals surface area contributed by atoms with Gasteiger partial charge in [0.25, 0.3) is 0 Å². The molecule has 0 heterocycles. The van der Waals surface area contributed by atoms with Crippen LogP contribution in [0.3, 0.4) is 0 Å². The van der Waals surface area contributed by atoms with E-state index in [-0.39, 0.29) is 11.7 Å². The maximum atomic E-state index is 12.1. The number of Topliss-reactive ketones (excluding diaryl/α,β-unsaturated/α-hetero) is 1. The van der Waals surface area contributed by atoms with Crippen molar-refractivity contribution in [2.75, 3.05) is 0 Å². The van der Waals surface area contributed by atoms with Crippen molar-refractivity contribution in [3.63, 3.8) is 0 Å². The molecule has 1 atom stereocenters. The Labute approximate surface area is 119 Å². The lowest BCUT2D eigenvalue weighted by Gasteiger charge is -2.14. The third-order valence-corrected chi connectivity index (χ3v) is 3.47. The van der Waals surface area contributed by atoms with Gasteiger partial charge in [-0.1, -0.05) is 60.7 Å². The number of hydrogen-bond acceptors (Lipinski definition) is 2. The van der Waals surface area contributed by atoms with Gasteiger partial charge in [-0.25, -0.2) is 0 Å². The summed E-state index contributed by atoms with van der Waals surface area (Å²) in [5.74, 6) is 0.263. The lowest BCUT2D eigenvalue weighted by molar-refractivity contribution is -0.108. The zero-order chi connectivity index (χ0) is 14.2. The second-order valence-electron chi connectivity index (χ2n) is 4.84. The maximum absolute atomic E-state index is 12.1. The standard InChI is InChI=1S/C18H18O2/c19-14-13-16(15-7-3-1-4-8-15)11-12-18(20)17-9-5-2-6-10-17/h1-10,14,16H,11-13H2. The highest BCUT2D eigenvalue weighted by Gasteiger charge is 2.13. The zero-order valence-corrected chi connectivity index (χ0v) is 11.4. The topological polar surface area (TPSA) is 34.1 Å².